The van der Waals surface area contributed by atoms with Crippen molar-refractivity contribution < 1.29 is 4.74 Å². The molecule has 6 heteroatoms. The third-order valence-corrected chi connectivity index (χ3v) is 3.96. The molecule has 1 heterocycles. The van der Waals surface area contributed by atoms with E-state index in [1.165, 1.54) is 0 Å². The molecule has 0 aliphatic heterocycles. The minimum Gasteiger partial charge on any atom is -0.496 e. The number of methoxy groups -OCH3 is 1. The lowest BCUT2D eigenvalue weighted by Crippen LogP contribution is -2.18. The zero-order valence-electron chi connectivity index (χ0n) is 13.6. The van der Waals surface area contributed by atoms with Crippen LogP contribution in [-0.2, 0) is 0 Å². The highest BCUT2D eigenvalue weighted by Gasteiger charge is 2.15. The molecule has 6 N–H and O–H groups in total. The first kappa shape index (κ1) is 16.2. The standard InChI is InChI=1S/C18H21N5O/c1-24-16-10-15-13(9-12(16)11-5-3-2-4-6-11)17(21)23-18(22-15)14(20)7-8-19/h2-6,9-10,14H,7-8,19-20H2,1H3,(H2,21,22,23). The number of nitrogen functional groups attached to an aromatic ring is 1. The van der Waals surface area contributed by atoms with E-state index in [0.29, 0.717) is 30.1 Å². The van der Waals surface area contributed by atoms with E-state index in [-0.39, 0.29) is 6.04 Å². The Bertz CT molecular complexity index is 851. The van der Waals surface area contributed by atoms with Crippen molar-refractivity contribution in [3.8, 4) is 16.9 Å². The molecule has 0 amide bonds. The maximum Gasteiger partial charge on any atom is 0.148 e. The number of benzene rings is 2. The molecule has 1 unspecified atom stereocenters. The molecule has 0 aliphatic rings. The molecule has 1 aromatic heterocycles. The lowest BCUT2D eigenvalue weighted by molar-refractivity contribution is 0.417. The number of ether oxygens (including phenoxy) is 1. The summed E-state index contributed by atoms with van der Waals surface area (Å²) in [4.78, 5) is 8.90. The molecule has 3 aromatic rings. The number of hydrogen-bond donors (Lipinski definition) is 3. The average Bonchev–Trinajstić information content (AvgIpc) is 2.61. The zero-order chi connectivity index (χ0) is 17.1. The highest BCUT2D eigenvalue weighted by atomic mass is 16.5. The second kappa shape index (κ2) is 6.82. The molecule has 0 saturated heterocycles. The molecule has 0 radical (unpaired) electrons. The zero-order valence-corrected chi connectivity index (χ0v) is 13.6. The van der Waals surface area contributed by atoms with E-state index in [9.17, 15) is 0 Å². The van der Waals surface area contributed by atoms with Gasteiger partial charge in [0.2, 0.25) is 0 Å². The molecule has 0 spiro atoms. The van der Waals surface area contributed by atoms with Gasteiger partial charge in [0, 0.05) is 17.0 Å². The van der Waals surface area contributed by atoms with E-state index in [4.69, 9.17) is 21.9 Å². The van der Waals surface area contributed by atoms with Crippen molar-refractivity contribution in [2.45, 2.75) is 12.5 Å². The van der Waals surface area contributed by atoms with Gasteiger partial charge in [0.15, 0.2) is 0 Å². The van der Waals surface area contributed by atoms with E-state index >= 15 is 0 Å². The van der Waals surface area contributed by atoms with Crippen molar-refractivity contribution in [3.05, 3.63) is 48.3 Å². The lowest BCUT2D eigenvalue weighted by atomic mass is 10.0. The Morgan fingerprint density at radius 3 is 2.54 bits per heavy atom. The number of aromatic nitrogens is 2. The Balaban J connectivity index is 2.18. The van der Waals surface area contributed by atoms with Crippen molar-refractivity contribution in [1.29, 1.82) is 0 Å². The maximum absolute atomic E-state index is 6.15. The monoisotopic (exact) mass is 323 g/mol. The Kier molecular flexibility index (Phi) is 4.59. The van der Waals surface area contributed by atoms with Crippen LogP contribution in [0.25, 0.3) is 22.0 Å². The van der Waals surface area contributed by atoms with E-state index in [1.54, 1.807) is 7.11 Å². The second-order valence-corrected chi connectivity index (χ2v) is 5.59. The van der Waals surface area contributed by atoms with Crippen LogP contribution in [0.2, 0.25) is 0 Å². The molecule has 1 atom stereocenters. The summed E-state index contributed by atoms with van der Waals surface area (Å²) in [5.41, 5.74) is 20.5. The molecule has 3 rings (SSSR count). The van der Waals surface area contributed by atoms with Crippen LogP contribution in [0.5, 0.6) is 5.75 Å². The van der Waals surface area contributed by atoms with E-state index in [0.717, 1.165) is 22.3 Å². The van der Waals surface area contributed by atoms with Crippen molar-refractivity contribution in [3.63, 3.8) is 0 Å². The molecular formula is C18H21N5O. The smallest absolute Gasteiger partial charge is 0.148 e. The summed E-state index contributed by atoms with van der Waals surface area (Å²) >= 11 is 0. The quantitative estimate of drug-likeness (QED) is 0.663. The fourth-order valence-electron chi connectivity index (χ4n) is 2.69. The molecule has 0 fully saturated rings. The summed E-state index contributed by atoms with van der Waals surface area (Å²) in [5, 5.41) is 0.776. The topological polar surface area (TPSA) is 113 Å². The summed E-state index contributed by atoms with van der Waals surface area (Å²) in [6.45, 7) is 0.471. The van der Waals surface area contributed by atoms with Crippen LogP contribution in [0.15, 0.2) is 42.5 Å². The fraction of sp³-hybridized carbons (Fsp3) is 0.222. The van der Waals surface area contributed by atoms with Crippen LogP contribution in [0.1, 0.15) is 18.3 Å². The van der Waals surface area contributed by atoms with Crippen LogP contribution in [0.3, 0.4) is 0 Å². The van der Waals surface area contributed by atoms with E-state index < -0.39 is 0 Å². The van der Waals surface area contributed by atoms with Crippen LogP contribution in [0.4, 0.5) is 5.82 Å². The van der Waals surface area contributed by atoms with Gasteiger partial charge in [0.25, 0.3) is 0 Å². The summed E-state index contributed by atoms with van der Waals surface area (Å²) in [7, 11) is 1.64. The van der Waals surface area contributed by atoms with Crippen molar-refractivity contribution in [1.82, 2.24) is 9.97 Å². The van der Waals surface area contributed by atoms with Crippen LogP contribution in [-0.4, -0.2) is 23.6 Å². The van der Waals surface area contributed by atoms with Crippen LogP contribution < -0.4 is 21.9 Å². The Hall–Kier alpha value is -2.70. The summed E-state index contributed by atoms with van der Waals surface area (Å²) < 4.78 is 5.54. The number of nitrogens with two attached hydrogens (primary N) is 3. The van der Waals surface area contributed by atoms with Crippen molar-refractivity contribution in [2.24, 2.45) is 11.5 Å². The molecule has 2 aromatic carbocycles. The van der Waals surface area contributed by atoms with Gasteiger partial charge in [0.1, 0.15) is 17.4 Å². The summed E-state index contributed by atoms with van der Waals surface area (Å²) in [5.74, 6) is 1.63. The first-order valence-electron chi connectivity index (χ1n) is 7.80. The van der Waals surface area contributed by atoms with E-state index in [2.05, 4.69) is 9.97 Å². The SMILES string of the molecule is COc1cc2nc(C(N)CCN)nc(N)c2cc1-c1ccccc1. The fourth-order valence-corrected chi connectivity index (χ4v) is 2.69. The Labute approximate surface area is 140 Å². The van der Waals surface area contributed by atoms with Gasteiger partial charge in [0.05, 0.1) is 18.7 Å². The van der Waals surface area contributed by atoms with Crippen molar-refractivity contribution in [2.75, 3.05) is 19.4 Å². The highest BCUT2D eigenvalue weighted by molar-refractivity contribution is 5.94. The first-order valence-corrected chi connectivity index (χ1v) is 7.80. The molecule has 0 bridgehead atoms. The molecule has 6 nitrogen and oxygen atoms in total. The lowest BCUT2D eigenvalue weighted by Gasteiger charge is -2.14. The predicted octanol–water partition coefficient (Wildman–Crippen LogP) is 2.24. The second-order valence-electron chi connectivity index (χ2n) is 5.59. The number of hydrogen-bond acceptors (Lipinski definition) is 6. The number of rotatable bonds is 5. The molecule has 0 aliphatic carbocycles. The van der Waals surface area contributed by atoms with Gasteiger partial charge in [-0.3, -0.25) is 0 Å². The van der Waals surface area contributed by atoms with Crippen LogP contribution in [0, 0.1) is 0 Å². The van der Waals surface area contributed by atoms with Gasteiger partial charge in [-0.25, -0.2) is 9.97 Å². The molecule has 124 valence electrons. The van der Waals surface area contributed by atoms with Gasteiger partial charge in [-0.15, -0.1) is 0 Å². The third kappa shape index (κ3) is 3.02. The van der Waals surface area contributed by atoms with Crippen LogP contribution >= 0.6 is 0 Å². The minimum atomic E-state index is -0.332. The predicted molar refractivity (Wildman–Crippen MR) is 96.5 cm³/mol. The third-order valence-electron chi connectivity index (χ3n) is 3.96. The Morgan fingerprint density at radius 2 is 1.88 bits per heavy atom. The van der Waals surface area contributed by atoms with Crippen molar-refractivity contribution >= 4 is 16.7 Å². The van der Waals surface area contributed by atoms with Gasteiger partial charge >= 0.3 is 0 Å². The van der Waals surface area contributed by atoms with Gasteiger partial charge in [-0.2, -0.15) is 0 Å². The number of fused-ring (bicyclic) bond motifs is 1. The molecule has 0 saturated carbocycles. The van der Waals surface area contributed by atoms with Gasteiger partial charge < -0.3 is 21.9 Å². The Morgan fingerprint density at radius 1 is 1.12 bits per heavy atom. The number of nitrogens with zero attached hydrogens (tertiary/aromatic N) is 2. The van der Waals surface area contributed by atoms with Gasteiger partial charge in [-0.1, -0.05) is 30.3 Å². The summed E-state index contributed by atoms with van der Waals surface area (Å²) in [6.07, 6.45) is 0.601. The number of anilines is 1. The highest BCUT2D eigenvalue weighted by Crippen LogP contribution is 2.35. The average molecular weight is 323 g/mol. The van der Waals surface area contributed by atoms with E-state index in [1.807, 2.05) is 42.5 Å². The normalized spacial score (nSPS) is 12.3. The molecular weight excluding hydrogens is 302 g/mol. The minimum absolute atomic E-state index is 0.332. The summed E-state index contributed by atoms with van der Waals surface area (Å²) in [6, 6.07) is 13.5. The largest absolute Gasteiger partial charge is 0.496 e. The maximum atomic E-state index is 6.15. The molecule has 24 heavy (non-hydrogen) atoms. The first-order chi connectivity index (χ1) is 11.6. The van der Waals surface area contributed by atoms with Gasteiger partial charge in [-0.05, 0) is 24.6 Å².